The number of carbonyl (C=O) groups excluding carboxylic acids is 1. The predicted octanol–water partition coefficient (Wildman–Crippen LogP) is 0.841. The number of aryl methyl sites for hydroxylation is 1. The third kappa shape index (κ3) is 2.78. The van der Waals surface area contributed by atoms with Crippen LogP contribution < -0.4 is 4.74 Å². The lowest BCUT2D eigenvalue weighted by Gasteiger charge is -2.16. The zero-order valence-electron chi connectivity index (χ0n) is 13.3. The van der Waals surface area contributed by atoms with E-state index in [0.717, 1.165) is 5.39 Å². The average Bonchev–Trinajstić information content (AvgIpc) is 3.08. The summed E-state index contributed by atoms with van der Waals surface area (Å²) in [7, 11) is 0.232. The van der Waals surface area contributed by atoms with E-state index in [1.165, 1.54) is 6.26 Å². The van der Waals surface area contributed by atoms with Gasteiger partial charge in [-0.15, -0.1) is 0 Å². The van der Waals surface area contributed by atoms with Crippen molar-refractivity contribution in [3.8, 4) is 5.88 Å². The van der Waals surface area contributed by atoms with Gasteiger partial charge in [0.25, 0.3) is 5.91 Å². The van der Waals surface area contributed by atoms with Gasteiger partial charge in [0.1, 0.15) is 0 Å². The molecule has 0 bridgehead atoms. The van der Waals surface area contributed by atoms with Gasteiger partial charge in [0.05, 0.1) is 23.3 Å². The summed E-state index contributed by atoms with van der Waals surface area (Å²) < 4.78 is 30.2. The summed E-state index contributed by atoms with van der Waals surface area (Å²) in [6, 6.07) is 5.25. The number of hydrogen-bond donors (Lipinski definition) is 0. The lowest BCUT2D eigenvalue weighted by atomic mass is 10.1. The third-order valence-corrected chi connectivity index (χ3v) is 5.85. The second-order valence-electron chi connectivity index (χ2n) is 5.86. The van der Waals surface area contributed by atoms with Gasteiger partial charge >= 0.3 is 0 Å². The fraction of sp³-hybridized carbons (Fsp3) is 0.467. The number of rotatable bonds is 3. The Morgan fingerprint density at radius 3 is 2.74 bits per heavy atom. The van der Waals surface area contributed by atoms with Crippen LogP contribution in [-0.2, 0) is 16.9 Å². The van der Waals surface area contributed by atoms with E-state index < -0.39 is 15.1 Å². The van der Waals surface area contributed by atoms with Crippen LogP contribution in [0.1, 0.15) is 16.8 Å². The highest BCUT2D eigenvalue weighted by molar-refractivity contribution is 7.91. The maximum Gasteiger partial charge on any atom is 0.253 e. The Labute approximate surface area is 134 Å². The minimum absolute atomic E-state index is 0.164. The van der Waals surface area contributed by atoms with Gasteiger partial charge in [0, 0.05) is 32.0 Å². The summed E-state index contributed by atoms with van der Waals surface area (Å²) in [5, 5.41) is 4.70. The SMILES string of the molecule is COc1c2ccc(C(=O)N3CCC(S(C)(=O)=O)C3)cc2nn1C. The van der Waals surface area contributed by atoms with Gasteiger partial charge < -0.3 is 9.64 Å². The van der Waals surface area contributed by atoms with Gasteiger partial charge in [0.2, 0.25) is 5.88 Å². The summed E-state index contributed by atoms with van der Waals surface area (Å²) in [5.41, 5.74) is 1.18. The number of aromatic nitrogens is 2. The first-order chi connectivity index (χ1) is 10.8. The number of nitrogens with zero attached hydrogens (tertiary/aromatic N) is 3. The molecule has 1 atom stereocenters. The maximum absolute atomic E-state index is 12.6. The van der Waals surface area contributed by atoms with Crippen molar-refractivity contribution in [2.24, 2.45) is 7.05 Å². The standard InChI is InChI=1S/C15H19N3O4S/c1-17-15(22-2)12-5-4-10(8-13(12)16-17)14(19)18-7-6-11(9-18)23(3,20)21/h4-5,8,11H,6-7,9H2,1-3H3. The highest BCUT2D eigenvalue weighted by Crippen LogP contribution is 2.26. The summed E-state index contributed by atoms with van der Waals surface area (Å²) in [4.78, 5) is 14.2. The van der Waals surface area contributed by atoms with Crippen molar-refractivity contribution in [2.75, 3.05) is 26.5 Å². The molecule has 1 aromatic carbocycles. The first-order valence-corrected chi connectivity index (χ1v) is 9.25. The van der Waals surface area contributed by atoms with E-state index >= 15 is 0 Å². The van der Waals surface area contributed by atoms with E-state index in [4.69, 9.17) is 4.74 Å². The molecule has 2 heterocycles. The molecule has 23 heavy (non-hydrogen) atoms. The number of sulfone groups is 1. The number of ether oxygens (including phenoxy) is 1. The van der Waals surface area contributed by atoms with Crippen LogP contribution in [0.4, 0.5) is 0 Å². The lowest BCUT2D eigenvalue weighted by molar-refractivity contribution is 0.0793. The zero-order valence-corrected chi connectivity index (χ0v) is 14.1. The van der Waals surface area contributed by atoms with Crippen LogP contribution in [0.25, 0.3) is 10.9 Å². The Morgan fingerprint density at radius 2 is 2.13 bits per heavy atom. The van der Waals surface area contributed by atoms with Crippen molar-refractivity contribution in [3.05, 3.63) is 23.8 Å². The van der Waals surface area contributed by atoms with Gasteiger partial charge in [-0.2, -0.15) is 5.10 Å². The van der Waals surface area contributed by atoms with Crippen molar-refractivity contribution < 1.29 is 17.9 Å². The van der Waals surface area contributed by atoms with E-state index in [0.29, 0.717) is 29.9 Å². The monoisotopic (exact) mass is 337 g/mol. The van der Waals surface area contributed by atoms with Crippen LogP contribution in [0.3, 0.4) is 0 Å². The van der Waals surface area contributed by atoms with Crippen molar-refractivity contribution in [3.63, 3.8) is 0 Å². The van der Waals surface area contributed by atoms with Crippen molar-refractivity contribution >= 4 is 26.6 Å². The summed E-state index contributed by atoms with van der Waals surface area (Å²) in [6.07, 6.45) is 1.71. The first kappa shape index (κ1) is 15.8. The Hall–Kier alpha value is -2.09. The minimum atomic E-state index is -3.12. The van der Waals surface area contributed by atoms with Gasteiger partial charge in [-0.1, -0.05) is 0 Å². The minimum Gasteiger partial charge on any atom is -0.481 e. The Kier molecular flexibility index (Phi) is 3.79. The molecular weight excluding hydrogens is 318 g/mol. The third-order valence-electron chi connectivity index (χ3n) is 4.26. The van der Waals surface area contributed by atoms with Gasteiger partial charge in [0.15, 0.2) is 9.84 Å². The van der Waals surface area contributed by atoms with Gasteiger partial charge in [-0.05, 0) is 24.6 Å². The zero-order chi connectivity index (χ0) is 16.8. The molecule has 3 rings (SSSR count). The molecule has 2 aromatic rings. The fourth-order valence-electron chi connectivity index (χ4n) is 3.00. The molecule has 7 nitrogen and oxygen atoms in total. The normalized spacial score (nSPS) is 18.6. The largest absolute Gasteiger partial charge is 0.481 e. The number of amides is 1. The molecular formula is C15H19N3O4S. The molecule has 1 aromatic heterocycles. The molecule has 1 fully saturated rings. The molecule has 0 N–H and O–H groups in total. The van der Waals surface area contributed by atoms with E-state index in [2.05, 4.69) is 5.10 Å². The van der Waals surface area contributed by atoms with E-state index in [1.807, 2.05) is 0 Å². The molecule has 1 saturated heterocycles. The topological polar surface area (TPSA) is 81.5 Å². The Balaban J connectivity index is 1.87. The molecule has 8 heteroatoms. The number of benzene rings is 1. The molecule has 0 spiro atoms. The quantitative estimate of drug-likeness (QED) is 0.829. The molecule has 124 valence electrons. The first-order valence-electron chi connectivity index (χ1n) is 7.30. The number of methoxy groups -OCH3 is 1. The second-order valence-corrected chi connectivity index (χ2v) is 8.18. The molecule has 1 unspecified atom stereocenters. The number of carbonyl (C=O) groups is 1. The van der Waals surface area contributed by atoms with Crippen molar-refractivity contribution in [1.29, 1.82) is 0 Å². The average molecular weight is 337 g/mol. The summed E-state index contributed by atoms with van der Waals surface area (Å²) in [5.74, 6) is 0.472. The van der Waals surface area contributed by atoms with E-state index in [1.54, 1.807) is 41.9 Å². The number of fused-ring (bicyclic) bond motifs is 1. The van der Waals surface area contributed by atoms with Crippen LogP contribution in [0, 0.1) is 0 Å². The summed E-state index contributed by atoms with van der Waals surface area (Å²) >= 11 is 0. The second kappa shape index (κ2) is 5.52. The molecule has 0 saturated carbocycles. The predicted molar refractivity (Wildman–Crippen MR) is 86.4 cm³/mol. The van der Waals surface area contributed by atoms with E-state index in [-0.39, 0.29) is 12.5 Å². The fourth-order valence-corrected chi connectivity index (χ4v) is 3.98. The lowest BCUT2D eigenvalue weighted by Crippen LogP contribution is -2.31. The highest BCUT2D eigenvalue weighted by Gasteiger charge is 2.33. The Bertz CT molecular complexity index is 872. The van der Waals surface area contributed by atoms with Crippen LogP contribution >= 0.6 is 0 Å². The number of likely N-dealkylation sites (tertiary alicyclic amines) is 1. The Morgan fingerprint density at radius 1 is 1.39 bits per heavy atom. The van der Waals surface area contributed by atoms with Crippen LogP contribution in [0.5, 0.6) is 5.88 Å². The van der Waals surface area contributed by atoms with Crippen molar-refractivity contribution in [1.82, 2.24) is 14.7 Å². The smallest absolute Gasteiger partial charge is 0.253 e. The maximum atomic E-state index is 12.6. The van der Waals surface area contributed by atoms with E-state index in [9.17, 15) is 13.2 Å². The number of hydrogen-bond acceptors (Lipinski definition) is 5. The summed E-state index contributed by atoms with van der Waals surface area (Å²) in [6.45, 7) is 0.710. The van der Waals surface area contributed by atoms with Crippen molar-refractivity contribution in [2.45, 2.75) is 11.7 Å². The van der Waals surface area contributed by atoms with Gasteiger partial charge in [-0.25, -0.2) is 13.1 Å². The van der Waals surface area contributed by atoms with Gasteiger partial charge in [-0.3, -0.25) is 4.79 Å². The van der Waals surface area contributed by atoms with Crippen LogP contribution in [0.15, 0.2) is 18.2 Å². The molecule has 0 aliphatic carbocycles. The van der Waals surface area contributed by atoms with Crippen LogP contribution in [-0.4, -0.2) is 60.7 Å². The molecule has 0 radical (unpaired) electrons. The molecule has 1 aliphatic rings. The molecule has 1 amide bonds. The van der Waals surface area contributed by atoms with Crippen LogP contribution in [0.2, 0.25) is 0 Å². The molecule has 1 aliphatic heterocycles. The highest BCUT2D eigenvalue weighted by atomic mass is 32.2.